The van der Waals surface area contributed by atoms with Crippen molar-refractivity contribution in [3.63, 3.8) is 0 Å². The highest BCUT2D eigenvalue weighted by Crippen LogP contribution is 2.18. The van der Waals surface area contributed by atoms with E-state index in [2.05, 4.69) is 0 Å². The maximum absolute atomic E-state index is 13.9. The molecular weight excluding hydrogens is 408 g/mol. The summed E-state index contributed by atoms with van der Waals surface area (Å²) < 4.78 is 33.5. The first kappa shape index (κ1) is 22.7. The number of hydrogen-bond acceptors (Lipinski definition) is 5. The number of hydrogen-bond donors (Lipinski definition) is 1. The van der Waals surface area contributed by atoms with Crippen molar-refractivity contribution in [1.29, 1.82) is 0 Å². The van der Waals surface area contributed by atoms with E-state index in [0.717, 1.165) is 12.1 Å². The van der Waals surface area contributed by atoms with Gasteiger partial charge >= 0.3 is 6.09 Å². The first-order valence-corrected chi connectivity index (χ1v) is 10.1. The van der Waals surface area contributed by atoms with E-state index < -0.39 is 28.5 Å². The number of aromatic hydroxyl groups is 1. The molecule has 1 aliphatic rings. The number of aromatic nitrogens is 1. The van der Waals surface area contributed by atoms with Gasteiger partial charge in [-0.3, -0.25) is 9.69 Å². The van der Waals surface area contributed by atoms with Crippen molar-refractivity contribution in [2.45, 2.75) is 39.5 Å². The van der Waals surface area contributed by atoms with Crippen LogP contribution in [0.4, 0.5) is 13.6 Å². The number of pyridine rings is 1. The molecule has 1 aromatic carbocycles. The summed E-state index contributed by atoms with van der Waals surface area (Å²) in [5.41, 5.74) is -0.602. The van der Waals surface area contributed by atoms with Crippen LogP contribution in [0.1, 0.15) is 31.9 Å². The smallest absolute Gasteiger partial charge is 0.410 e. The van der Waals surface area contributed by atoms with Crippen LogP contribution < -0.4 is 5.56 Å². The molecule has 7 nitrogen and oxygen atoms in total. The highest BCUT2D eigenvalue weighted by atomic mass is 19.1. The molecule has 1 N–H and O–H groups in total. The van der Waals surface area contributed by atoms with Gasteiger partial charge in [-0.05, 0) is 32.9 Å². The Labute approximate surface area is 179 Å². The molecule has 0 atom stereocenters. The highest BCUT2D eigenvalue weighted by molar-refractivity contribution is 5.68. The van der Waals surface area contributed by atoms with Gasteiger partial charge in [0.15, 0.2) is 5.75 Å². The number of benzene rings is 1. The number of ether oxygens (including phenoxy) is 1. The molecule has 2 aromatic rings. The van der Waals surface area contributed by atoms with Crippen molar-refractivity contribution < 1.29 is 23.4 Å². The molecule has 1 aliphatic heterocycles. The summed E-state index contributed by atoms with van der Waals surface area (Å²) in [4.78, 5) is 28.3. The van der Waals surface area contributed by atoms with Crippen LogP contribution in [0.2, 0.25) is 0 Å². The van der Waals surface area contributed by atoms with E-state index in [1.54, 1.807) is 11.0 Å². The van der Waals surface area contributed by atoms with E-state index in [-0.39, 0.29) is 18.2 Å². The molecule has 0 aliphatic carbocycles. The topological polar surface area (TPSA) is 75.0 Å². The van der Waals surface area contributed by atoms with Gasteiger partial charge in [-0.2, -0.15) is 0 Å². The fraction of sp³-hybridized carbons (Fsp3) is 0.455. The fourth-order valence-corrected chi connectivity index (χ4v) is 3.34. The van der Waals surface area contributed by atoms with Crippen molar-refractivity contribution >= 4 is 6.09 Å². The van der Waals surface area contributed by atoms with Gasteiger partial charge in [-0.1, -0.05) is 6.07 Å². The average Bonchev–Trinajstić information content (AvgIpc) is 2.68. The van der Waals surface area contributed by atoms with Crippen LogP contribution in [0.5, 0.6) is 5.75 Å². The van der Waals surface area contributed by atoms with Crippen LogP contribution in [0, 0.1) is 11.6 Å². The monoisotopic (exact) mass is 435 g/mol. The second-order valence-electron chi connectivity index (χ2n) is 8.60. The lowest BCUT2D eigenvalue weighted by Gasteiger charge is -2.35. The molecular formula is C22H27F2N3O4. The molecule has 0 unspecified atom stereocenters. The number of rotatable bonds is 4. The molecule has 2 heterocycles. The standard InChI is InChI=1S/C22H27F2N3O4/c1-22(2,3)31-21(30)26-10-8-25(9-11-26)13-16-6-7-27(20(29)19(16)28)14-15-4-5-17(23)12-18(15)24/h4-7,12,28H,8-11,13-14H2,1-3H3. The maximum Gasteiger partial charge on any atom is 0.410 e. The number of carbonyl (C=O) groups is 1. The van der Waals surface area contributed by atoms with E-state index in [1.807, 2.05) is 25.7 Å². The number of piperazine rings is 1. The Morgan fingerprint density at radius 2 is 1.74 bits per heavy atom. The largest absolute Gasteiger partial charge is 0.503 e. The molecule has 9 heteroatoms. The van der Waals surface area contributed by atoms with Gasteiger partial charge < -0.3 is 19.3 Å². The molecule has 0 radical (unpaired) electrons. The first-order valence-electron chi connectivity index (χ1n) is 10.1. The molecule has 1 saturated heterocycles. The zero-order chi connectivity index (χ0) is 22.8. The van der Waals surface area contributed by atoms with Gasteiger partial charge in [0.1, 0.15) is 17.2 Å². The minimum Gasteiger partial charge on any atom is -0.503 e. The summed E-state index contributed by atoms with van der Waals surface area (Å²) in [5.74, 6) is -1.85. The molecule has 0 bridgehead atoms. The maximum atomic E-state index is 13.9. The van der Waals surface area contributed by atoms with Gasteiger partial charge in [-0.15, -0.1) is 0 Å². The van der Waals surface area contributed by atoms with E-state index in [4.69, 9.17) is 4.74 Å². The lowest BCUT2D eigenvalue weighted by Crippen LogP contribution is -2.49. The number of amides is 1. The van der Waals surface area contributed by atoms with E-state index in [0.29, 0.717) is 38.3 Å². The number of carbonyl (C=O) groups excluding carboxylic acids is 1. The summed E-state index contributed by atoms with van der Waals surface area (Å²) >= 11 is 0. The molecule has 1 fully saturated rings. The molecule has 168 valence electrons. The zero-order valence-electron chi connectivity index (χ0n) is 17.9. The van der Waals surface area contributed by atoms with Crippen LogP contribution >= 0.6 is 0 Å². The van der Waals surface area contributed by atoms with Crippen molar-refractivity contribution in [2.75, 3.05) is 26.2 Å². The van der Waals surface area contributed by atoms with Gasteiger partial charge in [0.25, 0.3) is 5.56 Å². The number of halogens is 2. The van der Waals surface area contributed by atoms with E-state index >= 15 is 0 Å². The van der Waals surface area contributed by atoms with Crippen molar-refractivity contribution in [2.24, 2.45) is 0 Å². The van der Waals surface area contributed by atoms with Crippen LogP contribution in [0.25, 0.3) is 0 Å². The Bertz CT molecular complexity index is 1010. The molecule has 0 spiro atoms. The Morgan fingerprint density at radius 3 is 2.35 bits per heavy atom. The van der Waals surface area contributed by atoms with Crippen molar-refractivity contribution in [1.82, 2.24) is 14.4 Å². The van der Waals surface area contributed by atoms with Crippen LogP contribution in [0.15, 0.2) is 35.3 Å². The Hall–Kier alpha value is -2.94. The lowest BCUT2D eigenvalue weighted by atomic mass is 10.1. The Morgan fingerprint density at radius 1 is 1.06 bits per heavy atom. The van der Waals surface area contributed by atoms with E-state index in [9.17, 15) is 23.5 Å². The van der Waals surface area contributed by atoms with E-state index in [1.165, 1.54) is 16.8 Å². The average molecular weight is 435 g/mol. The molecule has 0 saturated carbocycles. The summed E-state index contributed by atoms with van der Waals surface area (Å²) in [6.45, 7) is 7.78. The zero-order valence-corrected chi connectivity index (χ0v) is 17.9. The number of nitrogens with zero attached hydrogens (tertiary/aromatic N) is 3. The van der Waals surface area contributed by atoms with Crippen LogP contribution in [-0.2, 0) is 17.8 Å². The third-order valence-electron chi connectivity index (χ3n) is 5.00. The third kappa shape index (κ3) is 5.81. The van der Waals surface area contributed by atoms with Gasteiger partial charge in [0.05, 0.1) is 6.54 Å². The second kappa shape index (κ2) is 9.05. The summed E-state index contributed by atoms with van der Waals surface area (Å²) in [6.07, 6.45) is 1.13. The summed E-state index contributed by atoms with van der Waals surface area (Å²) in [5, 5.41) is 10.4. The Kier molecular flexibility index (Phi) is 6.64. The van der Waals surface area contributed by atoms with Gasteiger partial charge in [0.2, 0.25) is 0 Å². The highest BCUT2D eigenvalue weighted by Gasteiger charge is 2.26. The van der Waals surface area contributed by atoms with Crippen LogP contribution in [-0.4, -0.2) is 57.3 Å². The molecule has 31 heavy (non-hydrogen) atoms. The fourth-order valence-electron chi connectivity index (χ4n) is 3.34. The van der Waals surface area contributed by atoms with Gasteiger partial charge in [0, 0.05) is 56.1 Å². The van der Waals surface area contributed by atoms with Crippen LogP contribution in [0.3, 0.4) is 0 Å². The predicted octanol–water partition coefficient (Wildman–Crippen LogP) is 2.93. The quantitative estimate of drug-likeness (QED) is 0.799. The third-order valence-corrected chi connectivity index (χ3v) is 5.00. The van der Waals surface area contributed by atoms with Crippen molar-refractivity contribution in [3.05, 3.63) is 63.6 Å². The molecule has 3 rings (SSSR count). The van der Waals surface area contributed by atoms with Crippen molar-refractivity contribution in [3.8, 4) is 5.75 Å². The lowest BCUT2D eigenvalue weighted by molar-refractivity contribution is 0.0138. The predicted molar refractivity (Wildman–Crippen MR) is 111 cm³/mol. The Balaban J connectivity index is 1.63. The minimum atomic E-state index is -0.752. The molecule has 1 aromatic heterocycles. The first-order chi connectivity index (χ1) is 14.5. The normalized spacial score (nSPS) is 15.2. The summed E-state index contributed by atoms with van der Waals surface area (Å²) in [6, 6.07) is 4.75. The van der Waals surface area contributed by atoms with Gasteiger partial charge in [-0.25, -0.2) is 13.6 Å². The summed E-state index contributed by atoms with van der Waals surface area (Å²) in [7, 11) is 0. The second-order valence-corrected chi connectivity index (χ2v) is 8.60. The SMILES string of the molecule is CC(C)(C)OC(=O)N1CCN(Cc2ccn(Cc3ccc(F)cc3F)c(=O)c2O)CC1. The minimum absolute atomic E-state index is 0.118. The molecule has 1 amide bonds.